The highest BCUT2D eigenvalue weighted by molar-refractivity contribution is 6.31. The van der Waals surface area contributed by atoms with E-state index in [1.165, 1.54) is 12.1 Å². The molecule has 2 aromatic carbocycles. The third-order valence-electron chi connectivity index (χ3n) is 2.87. The SMILES string of the molecule is Cc1ccc(C(=O)c2c(F)c(F)c(F)c(F)c2F)cc1Cl. The summed E-state index contributed by atoms with van der Waals surface area (Å²) in [6.45, 7) is 1.62. The summed E-state index contributed by atoms with van der Waals surface area (Å²) in [6.07, 6.45) is 0. The molecule has 0 bridgehead atoms. The Morgan fingerprint density at radius 3 is 1.86 bits per heavy atom. The van der Waals surface area contributed by atoms with Crippen molar-refractivity contribution in [2.45, 2.75) is 6.92 Å². The minimum atomic E-state index is -2.32. The number of carbonyl (C=O) groups is 1. The van der Waals surface area contributed by atoms with Crippen molar-refractivity contribution in [2.24, 2.45) is 0 Å². The molecule has 0 aliphatic rings. The van der Waals surface area contributed by atoms with Gasteiger partial charge in [0.2, 0.25) is 5.82 Å². The molecule has 0 aliphatic heterocycles. The Hall–Kier alpha value is -1.95. The van der Waals surface area contributed by atoms with E-state index in [-0.39, 0.29) is 10.6 Å². The lowest BCUT2D eigenvalue weighted by atomic mass is 10.0. The molecule has 0 radical (unpaired) electrons. The average molecular weight is 321 g/mol. The molecule has 110 valence electrons. The third-order valence-corrected chi connectivity index (χ3v) is 3.28. The average Bonchev–Trinajstić information content (AvgIpc) is 2.46. The van der Waals surface area contributed by atoms with Gasteiger partial charge in [-0.15, -0.1) is 0 Å². The van der Waals surface area contributed by atoms with Crippen LogP contribution >= 0.6 is 11.6 Å². The van der Waals surface area contributed by atoms with Gasteiger partial charge in [-0.3, -0.25) is 4.79 Å². The summed E-state index contributed by atoms with van der Waals surface area (Å²) < 4.78 is 66.2. The highest BCUT2D eigenvalue weighted by Crippen LogP contribution is 2.26. The Morgan fingerprint density at radius 2 is 1.38 bits per heavy atom. The number of halogens is 6. The molecule has 0 unspecified atom stereocenters. The smallest absolute Gasteiger partial charge is 0.200 e. The first kappa shape index (κ1) is 15.4. The molecule has 0 atom stereocenters. The summed E-state index contributed by atoms with van der Waals surface area (Å²) in [5, 5.41) is 0.129. The number of ketones is 1. The standard InChI is InChI=1S/C14H6ClF5O/c1-5-2-3-6(4-7(5)15)14(21)8-9(16)11(18)13(20)12(19)10(8)17/h2-4H,1H3. The zero-order valence-electron chi connectivity index (χ0n) is 10.4. The van der Waals surface area contributed by atoms with Gasteiger partial charge in [-0.05, 0) is 18.6 Å². The van der Waals surface area contributed by atoms with Gasteiger partial charge in [0.1, 0.15) is 5.56 Å². The van der Waals surface area contributed by atoms with E-state index in [2.05, 4.69) is 0 Å². The zero-order chi connectivity index (χ0) is 15.9. The quantitative estimate of drug-likeness (QED) is 0.343. The van der Waals surface area contributed by atoms with E-state index in [1.807, 2.05) is 0 Å². The van der Waals surface area contributed by atoms with Crippen LogP contribution in [0.5, 0.6) is 0 Å². The van der Waals surface area contributed by atoms with Gasteiger partial charge in [0.05, 0.1) is 0 Å². The topological polar surface area (TPSA) is 17.1 Å². The fourth-order valence-corrected chi connectivity index (χ4v) is 1.86. The molecule has 0 saturated carbocycles. The first-order valence-electron chi connectivity index (χ1n) is 5.58. The number of benzene rings is 2. The summed E-state index contributed by atoms with van der Waals surface area (Å²) >= 11 is 5.76. The van der Waals surface area contributed by atoms with E-state index in [0.29, 0.717) is 5.56 Å². The zero-order valence-corrected chi connectivity index (χ0v) is 11.2. The summed E-state index contributed by atoms with van der Waals surface area (Å²) in [5.41, 5.74) is -1.20. The van der Waals surface area contributed by atoms with Gasteiger partial charge in [0, 0.05) is 10.6 Å². The van der Waals surface area contributed by atoms with Gasteiger partial charge in [0.15, 0.2) is 29.1 Å². The molecule has 0 N–H and O–H groups in total. The first-order chi connectivity index (χ1) is 9.75. The highest BCUT2D eigenvalue weighted by atomic mass is 35.5. The van der Waals surface area contributed by atoms with Crippen molar-refractivity contribution < 1.29 is 26.7 Å². The lowest BCUT2D eigenvalue weighted by molar-refractivity contribution is 0.102. The van der Waals surface area contributed by atoms with Crippen molar-refractivity contribution in [1.29, 1.82) is 0 Å². The molecule has 0 amide bonds. The van der Waals surface area contributed by atoms with Gasteiger partial charge < -0.3 is 0 Å². The van der Waals surface area contributed by atoms with Crippen molar-refractivity contribution >= 4 is 17.4 Å². The number of hydrogen-bond acceptors (Lipinski definition) is 1. The molecule has 0 saturated heterocycles. The van der Waals surface area contributed by atoms with E-state index in [9.17, 15) is 26.7 Å². The monoisotopic (exact) mass is 320 g/mol. The van der Waals surface area contributed by atoms with Gasteiger partial charge in [-0.1, -0.05) is 23.7 Å². The van der Waals surface area contributed by atoms with Crippen molar-refractivity contribution in [2.75, 3.05) is 0 Å². The number of hydrogen-bond donors (Lipinski definition) is 0. The van der Waals surface area contributed by atoms with Crippen LogP contribution in [0, 0.1) is 36.0 Å². The molecular weight excluding hydrogens is 315 g/mol. The maximum atomic E-state index is 13.5. The molecule has 1 nitrogen and oxygen atoms in total. The number of carbonyl (C=O) groups excluding carboxylic acids is 1. The second kappa shape index (κ2) is 5.44. The molecule has 0 aromatic heterocycles. The van der Waals surface area contributed by atoms with Crippen molar-refractivity contribution in [3.63, 3.8) is 0 Å². The van der Waals surface area contributed by atoms with Crippen molar-refractivity contribution in [3.05, 3.63) is 69.0 Å². The molecule has 0 heterocycles. The lowest BCUT2D eigenvalue weighted by Crippen LogP contribution is -2.13. The fourth-order valence-electron chi connectivity index (χ4n) is 1.68. The maximum absolute atomic E-state index is 13.5. The normalized spacial score (nSPS) is 10.8. The van der Waals surface area contributed by atoms with Crippen molar-refractivity contribution in [3.8, 4) is 0 Å². The van der Waals surface area contributed by atoms with E-state index in [0.717, 1.165) is 6.07 Å². The van der Waals surface area contributed by atoms with Crippen molar-refractivity contribution in [1.82, 2.24) is 0 Å². The minimum absolute atomic E-state index is 0.129. The summed E-state index contributed by atoms with van der Waals surface area (Å²) in [4.78, 5) is 12.0. The van der Waals surface area contributed by atoms with E-state index >= 15 is 0 Å². The van der Waals surface area contributed by atoms with Crippen LogP contribution in [0.1, 0.15) is 21.5 Å². The van der Waals surface area contributed by atoms with Crippen LogP contribution in [0.4, 0.5) is 22.0 Å². The van der Waals surface area contributed by atoms with Crippen LogP contribution in [0.15, 0.2) is 18.2 Å². The number of aryl methyl sites for hydroxylation is 1. The van der Waals surface area contributed by atoms with E-state index < -0.39 is 40.4 Å². The van der Waals surface area contributed by atoms with Crippen LogP contribution < -0.4 is 0 Å². The van der Waals surface area contributed by atoms with Gasteiger partial charge >= 0.3 is 0 Å². The third kappa shape index (κ3) is 2.51. The van der Waals surface area contributed by atoms with Gasteiger partial charge in [0.25, 0.3) is 0 Å². The summed E-state index contributed by atoms with van der Waals surface area (Å²) in [5.74, 6) is -12.3. The predicted octanol–water partition coefficient (Wildman–Crippen LogP) is 4.57. The largest absolute Gasteiger partial charge is 0.288 e. The second-order valence-corrected chi connectivity index (χ2v) is 4.65. The molecule has 0 spiro atoms. The van der Waals surface area contributed by atoms with Crippen LogP contribution in [0.2, 0.25) is 5.02 Å². The van der Waals surface area contributed by atoms with Gasteiger partial charge in [-0.2, -0.15) is 0 Å². The second-order valence-electron chi connectivity index (χ2n) is 4.24. The molecule has 21 heavy (non-hydrogen) atoms. The Balaban J connectivity index is 2.66. The van der Waals surface area contributed by atoms with E-state index in [4.69, 9.17) is 11.6 Å². The molecule has 0 aliphatic carbocycles. The Morgan fingerprint density at radius 1 is 0.905 bits per heavy atom. The molecule has 2 rings (SSSR count). The summed E-state index contributed by atoms with van der Waals surface area (Å²) in [6, 6.07) is 3.67. The lowest BCUT2D eigenvalue weighted by Gasteiger charge is -2.08. The molecule has 2 aromatic rings. The van der Waals surface area contributed by atoms with E-state index in [1.54, 1.807) is 6.92 Å². The van der Waals surface area contributed by atoms with Crippen LogP contribution in [-0.4, -0.2) is 5.78 Å². The van der Waals surface area contributed by atoms with Gasteiger partial charge in [-0.25, -0.2) is 22.0 Å². The Labute approximate surface area is 121 Å². The summed E-state index contributed by atoms with van der Waals surface area (Å²) in [7, 11) is 0. The number of rotatable bonds is 2. The fraction of sp³-hybridized carbons (Fsp3) is 0.0714. The molecule has 7 heteroatoms. The maximum Gasteiger partial charge on any atom is 0.200 e. The van der Waals surface area contributed by atoms with Crippen LogP contribution in [0.25, 0.3) is 0 Å². The van der Waals surface area contributed by atoms with Crippen LogP contribution in [0.3, 0.4) is 0 Å². The molecular formula is C14H6ClF5O. The minimum Gasteiger partial charge on any atom is -0.288 e. The highest BCUT2D eigenvalue weighted by Gasteiger charge is 2.30. The Kier molecular flexibility index (Phi) is 4.00. The first-order valence-corrected chi connectivity index (χ1v) is 5.95. The Bertz CT molecular complexity index is 729. The van der Waals surface area contributed by atoms with Crippen LogP contribution in [-0.2, 0) is 0 Å². The molecule has 0 fully saturated rings. The predicted molar refractivity (Wildman–Crippen MR) is 65.9 cm³/mol.